The zero-order chi connectivity index (χ0) is 19.7. The number of benzene rings is 2. The van der Waals surface area contributed by atoms with E-state index in [0.29, 0.717) is 5.75 Å². The van der Waals surface area contributed by atoms with Crippen molar-refractivity contribution in [2.24, 2.45) is 0 Å². The third-order valence-corrected chi connectivity index (χ3v) is 8.92. The average molecular weight is 579 g/mol. The molecule has 2 aromatic carbocycles. The molecule has 0 aliphatic carbocycles. The molecule has 0 aliphatic heterocycles. The number of halogens is 3. The molecule has 0 saturated heterocycles. The van der Waals surface area contributed by atoms with Crippen LogP contribution in [-0.4, -0.2) is 15.6 Å². The number of rotatable bonds is 11. The lowest BCUT2D eigenvalue weighted by Gasteiger charge is -2.13. The van der Waals surface area contributed by atoms with Crippen molar-refractivity contribution in [1.29, 1.82) is 0 Å². The van der Waals surface area contributed by atoms with E-state index in [1.54, 1.807) is 6.07 Å². The largest absolute Gasteiger partial charge is 0.508 e. The molecule has 0 saturated carbocycles. The van der Waals surface area contributed by atoms with Gasteiger partial charge in [0.1, 0.15) is 11.5 Å². The van der Waals surface area contributed by atoms with Gasteiger partial charge in [0.2, 0.25) is 0 Å². The van der Waals surface area contributed by atoms with Crippen LogP contribution in [0.4, 0.5) is 0 Å². The van der Waals surface area contributed by atoms with Crippen molar-refractivity contribution in [3.05, 3.63) is 48.0 Å². The van der Waals surface area contributed by atoms with Crippen molar-refractivity contribution >= 4 is 49.8 Å². The van der Waals surface area contributed by atoms with Crippen LogP contribution in [-0.2, 0) is 6.42 Å². The molecule has 0 bridgehead atoms. The molecule has 0 aromatic heterocycles. The molecule has 2 aromatic rings. The Hall–Kier alpha value is -0.303. The molecule has 0 unspecified atom stereocenters. The van der Waals surface area contributed by atoms with Crippen LogP contribution < -0.4 is 4.74 Å². The van der Waals surface area contributed by atoms with E-state index in [9.17, 15) is 5.11 Å². The average Bonchev–Trinajstić information content (AvgIpc) is 2.61. The Morgan fingerprint density at radius 1 is 0.926 bits per heavy atom. The summed E-state index contributed by atoms with van der Waals surface area (Å²) in [6.45, 7) is 3.00. The Labute approximate surface area is 187 Å². The summed E-state index contributed by atoms with van der Waals surface area (Å²) in [5, 5.41) is 9.91. The normalized spacial score (nSPS) is 11.6. The first-order chi connectivity index (χ1) is 12.9. The Morgan fingerprint density at radius 3 is 2.33 bits per heavy atom. The fraction of sp³-hybridized carbons (Fsp3) is 0.429. The lowest BCUT2D eigenvalue weighted by atomic mass is 9.96. The molecule has 2 nitrogen and oxygen atoms in total. The molecular weight excluding hydrogens is 552 g/mol. The summed E-state index contributed by atoms with van der Waals surface area (Å²) in [4.78, 5) is 0. The maximum atomic E-state index is 9.91. The molecule has 1 N–H and O–H groups in total. The highest BCUT2D eigenvalue weighted by molar-refractivity contribution is 9.72. The first kappa shape index (κ1) is 23.0. The zero-order valence-corrected chi connectivity index (χ0v) is 21.4. The number of unbranched alkanes of at least 4 members (excludes halogenated alkanes) is 3. The van der Waals surface area contributed by atoms with Gasteiger partial charge in [-0.1, -0.05) is 90.3 Å². The summed E-state index contributed by atoms with van der Waals surface area (Å²) in [6, 6.07) is 15.0. The van der Waals surface area contributed by atoms with Crippen molar-refractivity contribution in [2.75, 3.05) is 6.61 Å². The third kappa shape index (κ3) is 8.71. The fourth-order valence-electron chi connectivity index (χ4n) is 3.00. The number of phenols is 1. The van der Waals surface area contributed by atoms with Crippen molar-refractivity contribution in [3.8, 4) is 22.6 Å². The summed E-state index contributed by atoms with van der Waals surface area (Å²) in [6.07, 6.45) is 6.83. The van der Waals surface area contributed by atoms with Gasteiger partial charge in [-0.3, -0.25) is 0 Å². The van der Waals surface area contributed by atoms with E-state index in [2.05, 4.69) is 64.9 Å². The summed E-state index contributed by atoms with van der Waals surface area (Å²) < 4.78 is 4.25. The van der Waals surface area contributed by atoms with Crippen LogP contribution in [0.25, 0.3) is 11.1 Å². The Kier molecular flexibility index (Phi) is 9.91. The number of hydrogen-bond acceptors (Lipinski definition) is 2. The minimum atomic E-state index is -1.59. The molecule has 0 fully saturated rings. The van der Waals surface area contributed by atoms with Crippen molar-refractivity contribution < 1.29 is 9.84 Å². The number of ether oxygens (including phenoxy) is 1. The summed E-state index contributed by atoms with van der Waals surface area (Å²) in [5.74, 6) is 1.24. The molecular formula is C21H27Br3O2Si. The summed E-state index contributed by atoms with van der Waals surface area (Å²) in [5.41, 5.74) is 3.51. The topological polar surface area (TPSA) is 29.5 Å². The highest BCUT2D eigenvalue weighted by Crippen LogP contribution is 2.35. The van der Waals surface area contributed by atoms with E-state index in [0.717, 1.165) is 43.2 Å². The highest BCUT2D eigenvalue weighted by atomic mass is 80.0. The van der Waals surface area contributed by atoms with E-state index in [1.807, 2.05) is 24.3 Å². The van der Waals surface area contributed by atoms with Gasteiger partial charge in [-0.15, -0.1) is 0 Å². The zero-order valence-electron chi connectivity index (χ0n) is 15.7. The monoisotopic (exact) mass is 576 g/mol. The Balaban J connectivity index is 2.02. The molecule has 6 heteroatoms. The quantitative estimate of drug-likeness (QED) is 0.166. The van der Waals surface area contributed by atoms with Crippen molar-refractivity contribution in [1.82, 2.24) is 0 Å². The number of phenolic OH excluding ortho intramolecular Hbond substituents is 1. The van der Waals surface area contributed by atoms with E-state index < -0.39 is 3.93 Å². The molecule has 0 atom stereocenters. The first-order valence-electron chi connectivity index (χ1n) is 9.51. The lowest BCUT2D eigenvalue weighted by molar-refractivity contribution is 0.305. The van der Waals surface area contributed by atoms with Crippen molar-refractivity contribution in [2.45, 2.75) is 51.5 Å². The van der Waals surface area contributed by atoms with Gasteiger partial charge in [0, 0.05) is 0 Å². The molecule has 2 rings (SSSR count). The Morgan fingerprint density at radius 2 is 1.67 bits per heavy atom. The Bertz CT molecular complexity index is 700. The lowest BCUT2D eigenvalue weighted by Crippen LogP contribution is -2.06. The van der Waals surface area contributed by atoms with Crippen LogP contribution in [0, 0.1) is 0 Å². The minimum Gasteiger partial charge on any atom is -0.508 e. The molecule has 0 amide bonds. The van der Waals surface area contributed by atoms with Crippen LogP contribution in [0.3, 0.4) is 0 Å². The fourth-order valence-corrected chi connectivity index (χ4v) is 6.10. The molecule has 0 aliphatic rings. The third-order valence-electron chi connectivity index (χ3n) is 4.43. The van der Waals surface area contributed by atoms with Gasteiger partial charge in [-0.25, -0.2) is 0 Å². The number of aromatic hydroxyl groups is 1. The smallest absolute Gasteiger partial charge is 0.267 e. The maximum Gasteiger partial charge on any atom is 0.267 e. The van der Waals surface area contributed by atoms with E-state index in [1.165, 1.54) is 30.4 Å². The van der Waals surface area contributed by atoms with Gasteiger partial charge in [0.25, 0.3) is 3.93 Å². The summed E-state index contributed by atoms with van der Waals surface area (Å²) >= 11 is 11.0. The second kappa shape index (κ2) is 11.6. The molecule has 0 spiro atoms. The van der Waals surface area contributed by atoms with Crippen LogP contribution >= 0.6 is 45.9 Å². The predicted molar refractivity (Wildman–Crippen MR) is 129 cm³/mol. The van der Waals surface area contributed by atoms with E-state index >= 15 is 0 Å². The predicted octanol–water partition coefficient (Wildman–Crippen LogP) is 8.07. The summed E-state index contributed by atoms with van der Waals surface area (Å²) in [7, 11) is 0. The van der Waals surface area contributed by atoms with Crippen molar-refractivity contribution in [3.63, 3.8) is 0 Å². The van der Waals surface area contributed by atoms with Crippen LogP contribution in [0.1, 0.15) is 44.6 Å². The van der Waals surface area contributed by atoms with Gasteiger partial charge in [-0.2, -0.15) is 0 Å². The second-order valence-corrected chi connectivity index (χ2v) is 30.2. The van der Waals surface area contributed by atoms with E-state index in [4.69, 9.17) is 4.74 Å². The molecule has 27 heavy (non-hydrogen) atoms. The SMILES string of the molecule is CCCCCCOc1ccc(-c2ccc(O)cc2CCC[Si](Br)(Br)Br)cc1. The minimum absolute atomic E-state index is 0.320. The van der Waals surface area contributed by atoms with E-state index in [-0.39, 0.29) is 0 Å². The number of aryl methyl sites for hydroxylation is 1. The molecule has 0 radical (unpaired) electrons. The maximum absolute atomic E-state index is 9.91. The first-order valence-corrected chi connectivity index (χ1v) is 18.5. The highest BCUT2D eigenvalue weighted by Gasteiger charge is 2.21. The molecule has 0 heterocycles. The van der Waals surface area contributed by atoms with Gasteiger partial charge in [-0.05, 0) is 66.3 Å². The van der Waals surface area contributed by atoms with Gasteiger partial charge in [0.15, 0.2) is 0 Å². The van der Waals surface area contributed by atoms with Gasteiger partial charge >= 0.3 is 0 Å². The number of hydrogen-bond donors (Lipinski definition) is 1. The standard InChI is InChI=1S/C21H27Br3O2Si/c1-2-3-4-5-14-26-20-11-8-17(9-12-20)21-13-10-19(25)16-18(21)7-6-15-27(22,23)24/h8-13,16,25H,2-7,14-15H2,1H3. The van der Waals surface area contributed by atoms with Crippen LogP contribution in [0.2, 0.25) is 6.04 Å². The van der Waals surface area contributed by atoms with Gasteiger partial charge in [0.05, 0.1) is 6.61 Å². The molecule has 148 valence electrons. The van der Waals surface area contributed by atoms with Gasteiger partial charge < -0.3 is 9.84 Å². The second-order valence-electron chi connectivity index (χ2n) is 6.74. The van der Waals surface area contributed by atoms with Crippen LogP contribution in [0.15, 0.2) is 42.5 Å². The van der Waals surface area contributed by atoms with Crippen LogP contribution in [0.5, 0.6) is 11.5 Å².